The molecule has 3 N–H and O–H groups in total. The van der Waals surface area contributed by atoms with Crippen LogP contribution in [-0.4, -0.2) is 112 Å². The number of pyridine rings is 1. The SMILES string of the molecule is CC(C)Oc1cc2ccccc2c(O[C@@H]2C[C@H]3C(=O)N[C@]4(C(=O)NS(=O)(=O)C5(CF)CC5)C[C@H]4/C=C\CC[C@@H](C)C[C@@H](C)[C@H](N(C(=O)O)C(C)(C)C(F)(F)F)C(=O)N3C2)n1. The van der Waals surface area contributed by atoms with Gasteiger partial charge in [0.1, 0.15) is 40.7 Å². The van der Waals surface area contributed by atoms with Gasteiger partial charge in [0.25, 0.3) is 5.91 Å². The number of carboxylic acid groups (broad SMARTS) is 1. The number of benzene rings is 1. The van der Waals surface area contributed by atoms with Crippen molar-refractivity contribution in [3.05, 3.63) is 42.5 Å². The number of nitrogens with zero attached hydrogens (tertiary/aromatic N) is 3. The molecule has 2 aromatic rings. The summed E-state index contributed by atoms with van der Waals surface area (Å²) in [7, 11) is -4.51. The second kappa shape index (κ2) is 16.3. The molecular formula is C41H53F4N5O9S. The molecule has 6 rings (SSSR count). The monoisotopic (exact) mass is 867 g/mol. The number of ether oxygens (including phenoxy) is 2. The Labute approximate surface area is 346 Å². The van der Waals surface area contributed by atoms with Crippen LogP contribution in [0.3, 0.4) is 0 Å². The number of fused-ring (bicyclic) bond motifs is 3. The number of sulfonamides is 1. The lowest BCUT2D eigenvalue weighted by atomic mass is 9.85. The summed E-state index contributed by atoms with van der Waals surface area (Å²) in [4.78, 5) is 62.2. The molecule has 2 aliphatic heterocycles. The molecule has 60 heavy (non-hydrogen) atoms. The fourth-order valence-corrected chi connectivity index (χ4v) is 9.86. The smallest absolute Gasteiger partial charge is 0.411 e. The zero-order valence-corrected chi connectivity index (χ0v) is 35.2. The third-order valence-electron chi connectivity index (χ3n) is 12.3. The first-order valence-corrected chi connectivity index (χ1v) is 21.7. The summed E-state index contributed by atoms with van der Waals surface area (Å²) in [5.74, 6) is -4.76. The molecule has 330 valence electrons. The highest BCUT2D eigenvalue weighted by Crippen LogP contribution is 2.48. The maximum Gasteiger partial charge on any atom is 0.411 e. The predicted molar refractivity (Wildman–Crippen MR) is 211 cm³/mol. The molecule has 0 radical (unpaired) electrons. The van der Waals surface area contributed by atoms with Gasteiger partial charge < -0.3 is 24.8 Å². The summed E-state index contributed by atoms with van der Waals surface area (Å²) in [5.41, 5.74) is -4.91. The van der Waals surface area contributed by atoms with Gasteiger partial charge in [0.05, 0.1) is 12.6 Å². The van der Waals surface area contributed by atoms with Crippen LogP contribution in [0, 0.1) is 17.8 Å². The van der Waals surface area contributed by atoms with Gasteiger partial charge in [-0.15, -0.1) is 0 Å². The number of allylic oxidation sites excluding steroid dienone is 1. The van der Waals surface area contributed by atoms with Crippen molar-refractivity contribution in [2.45, 2.75) is 133 Å². The van der Waals surface area contributed by atoms with Gasteiger partial charge in [-0.05, 0) is 89.5 Å². The van der Waals surface area contributed by atoms with E-state index in [9.17, 15) is 45.5 Å². The molecule has 3 heterocycles. The number of rotatable bonds is 10. The Balaban J connectivity index is 1.43. The predicted octanol–water partition coefficient (Wildman–Crippen LogP) is 5.90. The van der Waals surface area contributed by atoms with Crippen LogP contribution in [0.5, 0.6) is 11.8 Å². The van der Waals surface area contributed by atoms with Crippen LogP contribution >= 0.6 is 0 Å². The van der Waals surface area contributed by atoms with Crippen molar-refractivity contribution in [1.82, 2.24) is 24.8 Å². The van der Waals surface area contributed by atoms with Crippen LogP contribution in [0.1, 0.15) is 86.5 Å². The summed E-state index contributed by atoms with van der Waals surface area (Å²) in [6, 6.07) is 5.29. The third kappa shape index (κ3) is 8.59. The van der Waals surface area contributed by atoms with Crippen LogP contribution in [0.2, 0.25) is 0 Å². The fraction of sp³-hybridized carbons (Fsp3) is 0.634. The van der Waals surface area contributed by atoms with Crippen LogP contribution in [0.15, 0.2) is 42.5 Å². The lowest BCUT2D eigenvalue weighted by Gasteiger charge is -2.45. The minimum atomic E-state index is -5.12. The summed E-state index contributed by atoms with van der Waals surface area (Å²) in [6.07, 6.45) is -4.31. The van der Waals surface area contributed by atoms with Crippen LogP contribution in [0.25, 0.3) is 10.8 Å². The number of amides is 4. The van der Waals surface area contributed by atoms with E-state index in [1.165, 1.54) is 6.92 Å². The number of carbonyl (C=O) groups excluding carboxylic acids is 3. The van der Waals surface area contributed by atoms with Gasteiger partial charge in [-0.1, -0.05) is 44.2 Å². The van der Waals surface area contributed by atoms with E-state index in [1.54, 1.807) is 56.3 Å². The lowest BCUT2D eigenvalue weighted by molar-refractivity contribution is -0.222. The average Bonchev–Trinajstić information content (AvgIpc) is 4.05. The highest BCUT2D eigenvalue weighted by atomic mass is 32.2. The molecule has 2 aliphatic carbocycles. The Morgan fingerprint density at radius 3 is 2.43 bits per heavy atom. The molecule has 0 unspecified atom stereocenters. The van der Waals surface area contributed by atoms with Crippen molar-refractivity contribution in [2.75, 3.05) is 13.2 Å². The molecule has 2 saturated carbocycles. The Bertz CT molecular complexity index is 2150. The van der Waals surface area contributed by atoms with Crippen molar-refractivity contribution in [3.8, 4) is 11.8 Å². The number of halogens is 4. The quantitative estimate of drug-likeness (QED) is 0.192. The van der Waals surface area contributed by atoms with Crippen LogP contribution in [0.4, 0.5) is 22.4 Å². The Kier molecular flexibility index (Phi) is 12.2. The fourth-order valence-electron chi connectivity index (χ4n) is 8.43. The van der Waals surface area contributed by atoms with Gasteiger partial charge in [0.2, 0.25) is 33.6 Å². The zero-order chi connectivity index (χ0) is 44.2. The highest BCUT2D eigenvalue weighted by molar-refractivity contribution is 7.91. The third-order valence-corrected chi connectivity index (χ3v) is 14.4. The van der Waals surface area contributed by atoms with Gasteiger partial charge >= 0.3 is 12.3 Å². The number of carbonyl (C=O) groups is 4. The molecular weight excluding hydrogens is 815 g/mol. The van der Waals surface area contributed by atoms with E-state index in [0.717, 1.165) is 4.90 Å². The summed E-state index contributed by atoms with van der Waals surface area (Å²) in [6.45, 7) is 6.65. The maximum atomic E-state index is 15.1. The largest absolute Gasteiger partial charge is 0.475 e. The number of hydrogen-bond acceptors (Lipinski definition) is 9. The van der Waals surface area contributed by atoms with Gasteiger partial charge in [0.15, 0.2) is 0 Å². The first-order chi connectivity index (χ1) is 28.0. The normalized spacial score (nSPS) is 29.0. The maximum absolute atomic E-state index is 15.1. The minimum absolute atomic E-state index is 0.00224. The lowest BCUT2D eigenvalue weighted by Crippen LogP contribution is -2.66. The Morgan fingerprint density at radius 1 is 1.13 bits per heavy atom. The zero-order valence-electron chi connectivity index (χ0n) is 34.4. The molecule has 1 aromatic heterocycles. The van der Waals surface area contributed by atoms with Crippen LogP contribution in [-0.2, 0) is 24.4 Å². The van der Waals surface area contributed by atoms with Crippen molar-refractivity contribution in [1.29, 1.82) is 0 Å². The van der Waals surface area contributed by atoms with Crippen molar-refractivity contribution >= 4 is 44.6 Å². The van der Waals surface area contributed by atoms with E-state index in [4.69, 9.17) is 9.47 Å². The number of nitrogens with one attached hydrogen (secondary N) is 2. The number of alkyl halides is 4. The molecule has 3 fully saturated rings. The second-order valence-electron chi connectivity index (χ2n) is 17.6. The molecule has 1 saturated heterocycles. The second-order valence-corrected chi connectivity index (χ2v) is 19.7. The van der Waals surface area contributed by atoms with Gasteiger partial charge in [-0.2, -0.15) is 18.2 Å². The molecule has 0 bridgehead atoms. The standard InChI is InChI=1S/C41H53F4N5O9S/c1-23(2)58-31-18-26-12-8-10-14-29(26)34(46-31)59-28-19-30-33(51)47-40(36(53)48-60(56,57)39(22-42)15-16-39)20-27(40)13-9-7-11-24(3)17-25(4)32(35(52)49(30)21-28)50(37(54)55)38(5,6)41(43,44)45/h8-10,12-14,18,23-25,27-28,30,32H,7,11,15-17,19-22H2,1-6H3,(H,47,51)(H,48,53)(H,54,55)/b13-9-/t24-,25-,27-,28-,30+,32+,40-/m1/s1. The first kappa shape index (κ1) is 44.9. The molecule has 4 aliphatic rings. The van der Waals surface area contributed by atoms with E-state index in [0.29, 0.717) is 37.5 Å². The van der Waals surface area contributed by atoms with Crippen molar-refractivity contribution in [3.63, 3.8) is 0 Å². The topological polar surface area (TPSA) is 185 Å². The van der Waals surface area contributed by atoms with E-state index in [1.807, 2.05) is 11.6 Å². The molecule has 14 nitrogen and oxygen atoms in total. The minimum Gasteiger partial charge on any atom is -0.475 e. The molecule has 19 heteroatoms. The molecule has 4 amide bonds. The van der Waals surface area contributed by atoms with Gasteiger partial charge in [-0.3, -0.25) is 24.0 Å². The van der Waals surface area contributed by atoms with Crippen LogP contribution < -0.4 is 19.5 Å². The van der Waals surface area contributed by atoms with Crippen molar-refractivity contribution < 1.29 is 59.7 Å². The molecule has 1 aromatic carbocycles. The van der Waals surface area contributed by atoms with E-state index in [2.05, 4.69) is 10.3 Å². The van der Waals surface area contributed by atoms with E-state index in [-0.39, 0.29) is 60.8 Å². The number of hydrogen-bond donors (Lipinski definition) is 3. The van der Waals surface area contributed by atoms with Crippen molar-refractivity contribution in [2.24, 2.45) is 17.8 Å². The average molecular weight is 868 g/mol. The summed E-state index contributed by atoms with van der Waals surface area (Å²) in [5, 5.41) is 14.4. The van der Waals surface area contributed by atoms with Gasteiger partial charge in [-0.25, -0.2) is 17.6 Å². The molecule has 0 spiro atoms. The molecule has 7 atom stereocenters. The number of aromatic nitrogens is 1. The van der Waals surface area contributed by atoms with E-state index < -0.39 is 99.1 Å². The summed E-state index contributed by atoms with van der Waals surface area (Å²) >= 11 is 0. The summed E-state index contributed by atoms with van der Waals surface area (Å²) < 4.78 is 97.0. The van der Waals surface area contributed by atoms with E-state index >= 15 is 4.79 Å². The Hall–Kier alpha value is -4.68. The highest BCUT2D eigenvalue weighted by Gasteiger charge is 2.64. The van der Waals surface area contributed by atoms with Gasteiger partial charge in [0, 0.05) is 23.8 Å². The first-order valence-electron chi connectivity index (χ1n) is 20.2. The Morgan fingerprint density at radius 2 is 1.82 bits per heavy atom.